The van der Waals surface area contributed by atoms with Crippen molar-refractivity contribution >= 4 is 45.1 Å². The van der Waals surface area contributed by atoms with Gasteiger partial charge in [0.25, 0.3) is 5.91 Å². The number of fused-ring (bicyclic) bond motifs is 1. The number of nitrogens with one attached hydrogen (secondary N) is 2. The number of pyridine rings is 1. The van der Waals surface area contributed by atoms with Crippen LogP contribution in [0.1, 0.15) is 21.6 Å². The van der Waals surface area contributed by atoms with Gasteiger partial charge in [0.1, 0.15) is 11.3 Å². The maximum absolute atomic E-state index is 12.6. The molecule has 36 heavy (non-hydrogen) atoms. The largest absolute Gasteiger partial charge is 0.397 e. The van der Waals surface area contributed by atoms with Crippen molar-refractivity contribution in [3.8, 4) is 11.4 Å². The van der Waals surface area contributed by atoms with Gasteiger partial charge in [-0.15, -0.1) is 11.3 Å². The third kappa shape index (κ3) is 4.93. The number of aryl methyl sites for hydroxylation is 1. The van der Waals surface area contributed by atoms with E-state index in [1.807, 2.05) is 42.6 Å². The zero-order chi connectivity index (χ0) is 25.2. The van der Waals surface area contributed by atoms with Gasteiger partial charge >= 0.3 is 0 Å². The molecule has 0 fully saturated rings. The molecular weight excluding hydrogens is 470 g/mol. The average molecular weight is 498 g/mol. The number of carbonyl (C=O) groups excluding carboxylic acids is 1. The minimum atomic E-state index is -0.215. The average Bonchev–Trinajstić information content (AvgIpc) is 3.43. The van der Waals surface area contributed by atoms with E-state index in [9.17, 15) is 4.79 Å². The summed E-state index contributed by atoms with van der Waals surface area (Å²) in [6, 6.07) is 18.6. The topological polar surface area (TPSA) is 101 Å². The molecule has 3 heterocycles. The second-order valence-corrected chi connectivity index (χ2v) is 9.69. The number of nitrogens with two attached hydrogens (primary N) is 1. The highest BCUT2D eigenvalue weighted by Gasteiger charge is 2.15. The first-order valence-electron chi connectivity index (χ1n) is 11.5. The zero-order valence-corrected chi connectivity index (χ0v) is 21.1. The Morgan fingerprint density at radius 2 is 1.83 bits per heavy atom. The van der Waals surface area contributed by atoms with E-state index < -0.39 is 0 Å². The van der Waals surface area contributed by atoms with E-state index in [2.05, 4.69) is 46.3 Å². The molecule has 2 aromatic carbocycles. The van der Waals surface area contributed by atoms with Gasteiger partial charge < -0.3 is 21.3 Å². The van der Waals surface area contributed by atoms with Crippen LogP contribution in [0.25, 0.3) is 17.0 Å². The number of hydrogen-bond donors (Lipinski definition) is 3. The van der Waals surface area contributed by atoms with Crippen molar-refractivity contribution in [3.05, 3.63) is 89.1 Å². The second-order valence-electron chi connectivity index (χ2n) is 8.83. The fourth-order valence-corrected chi connectivity index (χ4v) is 4.76. The van der Waals surface area contributed by atoms with E-state index in [0.717, 1.165) is 40.1 Å². The highest BCUT2D eigenvalue weighted by molar-refractivity contribution is 7.14. The lowest BCUT2D eigenvalue weighted by molar-refractivity contribution is 0.102. The Morgan fingerprint density at radius 3 is 2.58 bits per heavy atom. The first kappa shape index (κ1) is 23.5. The van der Waals surface area contributed by atoms with Crippen LogP contribution in [-0.4, -0.2) is 39.3 Å². The van der Waals surface area contributed by atoms with Gasteiger partial charge in [0.2, 0.25) is 0 Å². The van der Waals surface area contributed by atoms with Crippen LogP contribution in [0.4, 0.5) is 22.2 Å². The Labute approximate surface area is 213 Å². The number of rotatable bonds is 7. The maximum Gasteiger partial charge on any atom is 0.255 e. The van der Waals surface area contributed by atoms with Crippen LogP contribution in [-0.2, 0) is 6.54 Å². The van der Waals surface area contributed by atoms with Gasteiger partial charge in [-0.3, -0.25) is 9.20 Å². The summed E-state index contributed by atoms with van der Waals surface area (Å²) in [5.41, 5.74) is 13.3. The number of aromatic nitrogens is 3. The minimum Gasteiger partial charge on any atom is -0.397 e. The molecule has 1 amide bonds. The first-order chi connectivity index (χ1) is 17.4. The number of benzene rings is 2. The van der Waals surface area contributed by atoms with Crippen molar-refractivity contribution < 1.29 is 4.79 Å². The number of para-hydroxylation sites is 2. The van der Waals surface area contributed by atoms with Crippen molar-refractivity contribution in [3.63, 3.8) is 0 Å². The second kappa shape index (κ2) is 9.80. The molecule has 0 bridgehead atoms. The van der Waals surface area contributed by atoms with Crippen molar-refractivity contribution in [1.82, 2.24) is 19.3 Å². The standard InChI is InChI=1S/C27H27N7OS/c1-17-25(34-15-18(14-33(2)3)8-13-24(34)29-17)23-16-36-27(32-23)30-20-11-9-19(10-12-20)26(35)31-22-7-5-4-6-21(22)28/h4-13,15-16H,14,28H2,1-3H3,(H,30,32)(H,31,35). The number of nitrogens with zero attached hydrogens (tertiary/aromatic N) is 4. The summed E-state index contributed by atoms with van der Waals surface area (Å²) in [6.45, 7) is 2.86. The van der Waals surface area contributed by atoms with Gasteiger partial charge in [0, 0.05) is 29.4 Å². The molecule has 0 radical (unpaired) electrons. The number of anilines is 4. The minimum absolute atomic E-state index is 0.215. The van der Waals surface area contributed by atoms with Crippen LogP contribution in [0.2, 0.25) is 0 Å². The lowest BCUT2D eigenvalue weighted by Crippen LogP contribution is -2.13. The molecule has 5 aromatic rings. The number of carbonyl (C=O) groups is 1. The fourth-order valence-electron chi connectivity index (χ4n) is 4.05. The highest BCUT2D eigenvalue weighted by atomic mass is 32.1. The number of amides is 1. The molecular formula is C27H27N7OS. The molecule has 0 aliphatic heterocycles. The Bertz CT molecular complexity index is 1540. The van der Waals surface area contributed by atoms with Crippen molar-refractivity contribution in [2.24, 2.45) is 0 Å². The Balaban J connectivity index is 1.32. The number of hydrogen-bond acceptors (Lipinski definition) is 7. The van der Waals surface area contributed by atoms with Crippen LogP contribution in [0.15, 0.2) is 72.2 Å². The predicted molar refractivity (Wildman–Crippen MR) is 147 cm³/mol. The summed E-state index contributed by atoms with van der Waals surface area (Å²) < 4.78 is 2.11. The summed E-state index contributed by atoms with van der Waals surface area (Å²) in [5.74, 6) is -0.215. The third-order valence-electron chi connectivity index (χ3n) is 5.71. The van der Waals surface area contributed by atoms with Gasteiger partial charge in [-0.2, -0.15) is 0 Å². The fraction of sp³-hybridized carbons (Fsp3) is 0.148. The molecule has 3 aromatic heterocycles. The van der Waals surface area contributed by atoms with Crippen molar-refractivity contribution in [2.45, 2.75) is 13.5 Å². The maximum atomic E-state index is 12.6. The van der Waals surface area contributed by atoms with Gasteiger partial charge in [0.05, 0.1) is 22.8 Å². The summed E-state index contributed by atoms with van der Waals surface area (Å²) in [6.07, 6.45) is 2.13. The van der Waals surface area contributed by atoms with Crippen molar-refractivity contribution in [1.29, 1.82) is 0 Å². The number of imidazole rings is 1. The smallest absolute Gasteiger partial charge is 0.255 e. The summed E-state index contributed by atoms with van der Waals surface area (Å²) in [7, 11) is 4.11. The van der Waals surface area contributed by atoms with E-state index in [4.69, 9.17) is 15.7 Å². The van der Waals surface area contributed by atoms with Crippen LogP contribution >= 0.6 is 11.3 Å². The van der Waals surface area contributed by atoms with Gasteiger partial charge in [-0.1, -0.05) is 18.2 Å². The Morgan fingerprint density at radius 1 is 1.06 bits per heavy atom. The molecule has 8 nitrogen and oxygen atoms in total. The first-order valence-corrected chi connectivity index (χ1v) is 12.4. The van der Waals surface area contributed by atoms with Crippen LogP contribution in [0.5, 0.6) is 0 Å². The molecule has 0 atom stereocenters. The van der Waals surface area contributed by atoms with E-state index in [1.165, 1.54) is 16.9 Å². The van der Waals surface area contributed by atoms with Crippen LogP contribution in [0, 0.1) is 6.92 Å². The van der Waals surface area contributed by atoms with E-state index >= 15 is 0 Å². The van der Waals surface area contributed by atoms with Crippen LogP contribution < -0.4 is 16.4 Å². The molecule has 0 unspecified atom stereocenters. The molecule has 0 saturated heterocycles. The molecule has 4 N–H and O–H groups in total. The zero-order valence-electron chi connectivity index (χ0n) is 20.3. The van der Waals surface area contributed by atoms with E-state index in [0.29, 0.717) is 16.9 Å². The van der Waals surface area contributed by atoms with Gasteiger partial charge in [-0.25, -0.2) is 9.97 Å². The number of nitrogen functional groups attached to an aromatic ring is 1. The van der Waals surface area contributed by atoms with Gasteiger partial charge in [0.15, 0.2) is 5.13 Å². The number of thiazole rings is 1. The lowest BCUT2D eigenvalue weighted by atomic mass is 10.2. The lowest BCUT2D eigenvalue weighted by Gasteiger charge is -2.10. The highest BCUT2D eigenvalue weighted by Crippen LogP contribution is 2.30. The third-order valence-corrected chi connectivity index (χ3v) is 6.46. The summed E-state index contributed by atoms with van der Waals surface area (Å²) in [4.78, 5) is 24.3. The van der Waals surface area contributed by atoms with E-state index in [-0.39, 0.29) is 5.91 Å². The predicted octanol–water partition coefficient (Wildman–Crippen LogP) is 5.41. The molecule has 5 rings (SSSR count). The SMILES string of the molecule is Cc1nc2ccc(CN(C)C)cn2c1-c1csc(Nc2ccc(C(=O)Nc3ccccc3N)cc2)n1. The molecule has 0 aliphatic carbocycles. The van der Waals surface area contributed by atoms with Crippen LogP contribution in [0.3, 0.4) is 0 Å². The van der Waals surface area contributed by atoms with Crippen molar-refractivity contribution in [2.75, 3.05) is 30.5 Å². The molecule has 182 valence electrons. The Hall–Kier alpha value is -4.21. The monoisotopic (exact) mass is 497 g/mol. The molecule has 0 aliphatic rings. The molecule has 9 heteroatoms. The summed E-state index contributed by atoms with van der Waals surface area (Å²) in [5, 5.41) is 8.97. The quantitative estimate of drug-likeness (QED) is 0.260. The summed E-state index contributed by atoms with van der Waals surface area (Å²) >= 11 is 1.52. The van der Waals surface area contributed by atoms with E-state index in [1.54, 1.807) is 24.3 Å². The normalized spacial score (nSPS) is 11.2. The van der Waals surface area contributed by atoms with Gasteiger partial charge in [-0.05, 0) is 69.0 Å². The molecule has 0 spiro atoms. The Kier molecular flexibility index (Phi) is 6.41. The molecule has 0 saturated carbocycles.